The summed E-state index contributed by atoms with van der Waals surface area (Å²) >= 11 is 0. The van der Waals surface area contributed by atoms with E-state index in [4.69, 9.17) is 5.73 Å². The zero-order valence-electron chi connectivity index (χ0n) is 14.1. The average Bonchev–Trinajstić information content (AvgIpc) is 3.17. The van der Waals surface area contributed by atoms with E-state index < -0.39 is 0 Å². The lowest BCUT2D eigenvalue weighted by Crippen LogP contribution is -2.17. The maximum Gasteiger partial charge on any atom is 0.197 e. The number of Topliss-reactive ketones (excluding diaryl/α,β-unsaturated/α-hetero) is 1. The molecule has 7 heteroatoms. The number of imidazole rings is 1. The molecule has 7 nitrogen and oxygen atoms in total. The SMILES string of the molecule is Nc1ncc(CCCc2cn(CC(=O)CC3CCCCC3)nn2)[nH]1. The van der Waals surface area contributed by atoms with E-state index in [0.29, 0.717) is 24.8 Å². The van der Waals surface area contributed by atoms with Crippen molar-refractivity contribution in [2.75, 3.05) is 5.73 Å². The molecule has 0 atom stereocenters. The topological polar surface area (TPSA) is 102 Å². The minimum atomic E-state index is 0.270. The van der Waals surface area contributed by atoms with Crippen LogP contribution in [-0.4, -0.2) is 30.7 Å². The van der Waals surface area contributed by atoms with Gasteiger partial charge in [-0.05, 0) is 25.2 Å². The molecule has 1 aliphatic rings. The first-order valence-corrected chi connectivity index (χ1v) is 8.89. The van der Waals surface area contributed by atoms with Crippen molar-refractivity contribution in [1.29, 1.82) is 0 Å². The van der Waals surface area contributed by atoms with Gasteiger partial charge in [0.1, 0.15) is 6.54 Å². The Kier molecular flexibility index (Phi) is 5.61. The number of carbonyl (C=O) groups excluding carboxylic acids is 1. The standard InChI is InChI=1S/C17H26N6O/c18-17-19-10-14(20-17)7-4-8-15-11-23(22-21-15)12-16(24)9-13-5-2-1-3-6-13/h10-11,13H,1-9,12H2,(H3,18,19,20). The number of ketones is 1. The molecule has 0 amide bonds. The van der Waals surface area contributed by atoms with Crippen molar-refractivity contribution < 1.29 is 4.79 Å². The van der Waals surface area contributed by atoms with Gasteiger partial charge in [0.15, 0.2) is 11.7 Å². The number of nitrogens with two attached hydrogens (primary N) is 1. The van der Waals surface area contributed by atoms with Crippen LogP contribution >= 0.6 is 0 Å². The third-order valence-electron chi connectivity index (χ3n) is 4.69. The zero-order valence-corrected chi connectivity index (χ0v) is 14.1. The molecule has 0 unspecified atom stereocenters. The summed E-state index contributed by atoms with van der Waals surface area (Å²) in [6.07, 6.45) is 13.2. The number of rotatable bonds is 8. The summed E-state index contributed by atoms with van der Waals surface area (Å²) in [5.74, 6) is 1.30. The van der Waals surface area contributed by atoms with E-state index in [9.17, 15) is 4.79 Å². The molecule has 2 aromatic heterocycles. The van der Waals surface area contributed by atoms with Crippen LogP contribution in [0.25, 0.3) is 0 Å². The van der Waals surface area contributed by atoms with Gasteiger partial charge in [-0.25, -0.2) is 9.67 Å². The van der Waals surface area contributed by atoms with Gasteiger partial charge in [-0.1, -0.05) is 37.3 Å². The Morgan fingerprint density at radius 2 is 2.12 bits per heavy atom. The third-order valence-corrected chi connectivity index (χ3v) is 4.69. The molecule has 2 heterocycles. The normalized spacial score (nSPS) is 15.7. The summed E-state index contributed by atoms with van der Waals surface area (Å²) in [6, 6.07) is 0. The van der Waals surface area contributed by atoms with Crippen LogP contribution in [0.15, 0.2) is 12.4 Å². The summed E-state index contributed by atoms with van der Waals surface area (Å²) in [7, 11) is 0. The number of nitrogens with zero attached hydrogens (tertiary/aromatic N) is 4. The predicted octanol–water partition coefficient (Wildman–Crippen LogP) is 2.30. The van der Waals surface area contributed by atoms with E-state index in [1.54, 1.807) is 10.9 Å². The van der Waals surface area contributed by atoms with Crippen molar-refractivity contribution in [3.8, 4) is 0 Å². The lowest BCUT2D eigenvalue weighted by molar-refractivity contribution is -0.121. The van der Waals surface area contributed by atoms with Crippen molar-refractivity contribution in [3.63, 3.8) is 0 Å². The minimum Gasteiger partial charge on any atom is -0.369 e. The van der Waals surface area contributed by atoms with E-state index in [2.05, 4.69) is 20.3 Å². The predicted molar refractivity (Wildman–Crippen MR) is 91.2 cm³/mol. The molecule has 0 radical (unpaired) electrons. The smallest absolute Gasteiger partial charge is 0.197 e. The van der Waals surface area contributed by atoms with Gasteiger partial charge in [0, 0.05) is 18.3 Å². The number of anilines is 1. The highest BCUT2D eigenvalue weighted by Gasteiger charge is 2.17. The molecule has 3 N–H and O–H groups in total. The fourth-order valence-corrected chi connectivity index (χ4v) is 3.45. The van der Waals surface area contributed by atoms with Gasteiger partial charge in [0.2, 0.25) is 0 Å². The number of nitrogen functional groups attached to an aromatic ring is 1. The lowest BCUT2D eigenvalue weighted by Gasteiger charge is -2.20. The second kappa shape index (κ2) is 8.08. The summed E-state index contributed by atoms with van der Waals surface area (Å²) in [6.45, 7) is 0.348. The van der Waals surface area contributed by atoms with Crippen LogP contribution in [0.2, 0.25) is 0 Å². The molecule has 130 valence electrons. The van der Waals surface area contributed by atoms with Crippen molar-refractivity contribution >= 4 is 11.7 Å². The molecule has 0 bridgehead atoms. The number of aromatic amines is 1. The number of hydrogen-bond donors (Lipinski definition) is 2. The molecule has 3 rings (SSSR count). The quantitative estimate of drug-likeness (QED) is 0.773. The first-order valence-electron chi connectivity index (χ1n) is 8.89. The second-order valence-corrected chi connectivity index (χ2v) is 6.80. The van der Waals surface area contributed by atoms with Gasteiger partial charge in [-0.2, -0.15) is 0 Å². The highest BCUT2D eigenvalue weighted by Crippen LogP contribution is 2.26. The second-order valence-electron chi connectivity index (χ2n) is 6.80. The van der Waals surface area contributed by atoms with Crippen molar-refractivity contribution in [1.82, 2.24) is 25.0 Å². The number of aromatic nitrogens is 5. The fourth-order valence-electron chi connectivity index (χ4n) is 3.45. The monoisotopic (exact) mass is 330 g/mol. The van der Waals surface area contributed by atoms with Crippen molar-refractivity contribution in [3.05, 3.63) is 23.8 Å². The Bertz CT molecular complexity index is 656. The van der Waals surface area contributed by atoms with Crippen LogP contribution in [0, 0.1) is 5.92 Å². The molecule has 1 saturated carbocycles. The Labute approximate surface area is 142 Å². The molecular weight excluding hydrogens is 304 g/mol. The van der Waals surface area contributed by atoms with Crippen LogP contribution in [0.1, 0.15) is 56.3 Å². The molecular formula is C17H26N6O. The van der Waals surface area contributed by atoms with Crippen LogP contribution < -0.4 is 5.73 Å². The number of carbonyl (C=O) groups is 1. The summed E-state index contributed by atoms with van der Waals surface area (Å²) in [5.41, 5.74) is 7.51. The zero-order chi connectivity index (χ0) is 16.8. The highest BCUT2D eigenvalue weighted by atomic mass is 16.1. The highest BCUT2D eigenvalue weighted by molar-refractivity contribution is 5.78. The molecule has 1 aliphatic carbocycles. The molecule has 0 saturated heterocycles. The summed E-state index contributed by atoms with van der Waals surface area (Å²) in [5, 5.41) is 8.25. The molecule has 0 spiro atoms. The van der Waals surface area contributed by atoms with E-state index in [1.807, 2.05) is 6.20 Å². The van der Waals surface area contributed by atoms with Crippen LogP contribution in [-0.2, 0) is 24.2 Å². The molecule has 0 aromatic carbocycles. The van der Waals surface area contributed by atoms with Crippen LogP contribution in [0.3, 0.4) is 0 Å². The number of nitrogens with one attached hydrogen (secondary N) is 1. The van der Waals surface area contributed by atoms with Crippen LogP contribution in [0.4, 0.5) is 5.95 Å². The molecule has 24 heavy (non-hydrogen) atoms. The first kappa shape index (κ1) is 16.7. The van der Waals surface area contributed by atoms with Crippen molar-refractivity contribution in [2.45, 2.75) is 64.3 Å². The number of H-pyrrole nitrogens is 1. The Hall–Kier alpha value is -2.18. The molecule has 0 aliphatic heterocycles. The average molecular weight is 330 g/mol. The summed E-state index contributed by atoms with van der Waals surface area (Å²) in [4.78, 5) is 19.2. The molecule has 1 fully saturated rings. The van der Waals surface area contributed by atoms with E-state index in [-0.39, 0.29) is 5.78 Å². The number of aryl methyl sites for hydroxylation is 2. The largest absolute Gasteiger partial charge is 0.369 e. The first-order chi connectivity index (χ1) is 11.7. The van der Waals surface area contributed by atoms with Gasteiger partial charge in [-0.3, -0.25) is 4.79 Å². The maximum atomic E-state index is 12.2. The van der Waals surface area contributed by atoms with E-state index in [1.165, 1.54) is 32.1 Å². The van der Waals surface area contributed by atoms with Crippen molar-refractivity contribution in [2.24, 2.45) is 5.92 Å². The van der Waals surface area contributed by atoms with Gasteiger partial charge in [0.25, 0.3) is 0 Å². The number of hydrogen-bond acceptors (Lipinski definition) is 5. The van der Waals surface area contributed by atoms with Gasteiger partial charge in [-0.15, -0.1) is 5.10 Å². The Morgan fingerprint density at radius 1 is 1.29 bits per heavy atom. The van der Waals surface area contributed by atoms with E-state index in [0.717, 1.165) is 30.7 Å². The van der Waals surface area contributed by atoms with Gasteiger partial charge < -0.3 is 10.7 Å². The van der Waals surface area contributed by atoms with Gasteiger partial charge in [0.05, 0.1) is 11.9 Å². The summed E-state index contributed by atoms with van der Waals surface area (Å²) < 4.78 is 1.68. The van der Waals surface area contributed by atoms with E-state index >= 15 is 0 Å². The minimum absolute atomic E-state index is 0.270. The maximum absolute atomic E-state index is 12.2. The van der Waals surface area contributed by atoms with Gasteiger partial charge >= 0.3 is 0 Å². The lowest BCUT2D eigenvalue weighted by atomic mass is 9.86. The molecule has 2 aromatic rings. The Balaban J connectivity index is 1.40. The fraction of sp³-hybridized carbons (Fsp3) is 0.647. The third kappa shape index (κ3) is 4.91. The Morgan fingerprint density at radius 3 is 2.88 bits per heavy atom. The van der Waals surface area contributed by atoms with Crippen LogP contribution in [0.5, 0.6) is 0 Å².